The summed E-state index contributed by atoms with van der Waals surface area (Å²) in [5, 5.41) is 9.32. The van der Waals surface area contributed by atoms with Crippen LogP contribution in [0.1, 0.15) is 9.67 Å². The van der Waals surface area contributed by atoms with Gasteiger partial charge < -0.3 is 14.6 Å². The predicted octanol–water partition coefficient (Wildman–Crippen LogP) is 3.25. The van der Waals surface area contributed by atoms with E-state index < -0.39 is 5.97 Å². The molecule has 0 radical (unpaired) electrons. The average molecular weight is 250 g/mol. The van der Waals surface area contributed by atoms with Crippen LogP contribution in [0.15, 0.2) is 36.4 Å². The van der Waals surface area contributed by atoms with E-state index in [-0.39, 0.29) is 4.88 Å². The van der Waals surface area contributed by atoms with Gasteiger partial charge >= 0.3 is 5.97 Å². The van der Waals surface area contributed by atoms with Gasteiger partial charge in [0.25, 0.3) is 0 Å². The minimum Gasteiger partial charge on any atom is -0.497 e. The van der Waals surface area contributed by atoms with E-state index in [1.807, 2.05) is 0 Å². The molecule has 1 heterocycles. The van der Waals surface area contributed by atoms with Crippen molar-refractivity contribution < 1.29 is 19.4 Å². The zero-order valence-electron chi connectivity index (χ0n) is 9.04. The molecule has 1 N–H and O–H groups in total. The van der Waals surface area contributed by atoms with Gasteiger partial charge in [-0.1, -0.05) is 11.3 Å². The first-order valence-electron chi connectivity index (χ1n) is 4.84. The third kappa shape index (κ3) is 2.76. The van der Waals surface area contributed by atoms with Crippen molar-refractivity contribution in [1.29, 1.82) is 0 Å². The van der Waals surface area contributed by atoms with Gasteiger partial charge in [-0.25, -0.2) is 4.79 Å². The van der Waals surface area contributed by atoms with Crippen LogP contribution in [0, 0.1) is 0 Å². The Morgan fingerprint density at radius 3 is 2.29 bits per heavy atom. The van der Waals surface area contributed by atoms with Crippen molar-refractivity contribution in [3.8, 4) is 16.6 Å². The third-order valence-corrected chi connectivity index (χ3v) is 3.02. The molecule has 0 fully saturated rings. The zero-order valence-corrected chi connectivity index (χ0v) is 9.86. The smallest absolute Gasteiger partial charge is 0.345 e. The highest BCUT2D eigenvalue weighted by Crippen LogP contribution is 2.30. The summed E-state index contributed by atoms with van der Waals surface area (Å²) in [4.78, 5) is 10.9. The highest BCUT2D eigenvalue weighted by Gasteiger charge is 2.08. The first-order chi connectivity index (χ1) is 8.19. The molecule has 0 saturated heterocycles. The molecule has 1 aromatic heterocycles. The Balaban J connectivity index is 2.11. The Labute approximate surface area is 102 Å². The van der Waals surface area contributed by atoms with E-state index in [4.69, 9.17) is 14.6 Å². The van der Waals surface area contributed by atoms with Crippen molar-refractivity contribution in [3.05, 3.63) is 41.3 Å². The van der Waals surface area contributed by atoms with Crippen molar-refractivity contribution in [3.63, 3.8) is 0 Å². The summed E-state index contributed by atoms with van der Waals surface area (Å²) in [6.45, 7) is 0. The maximum Gasteiger partial charge on any atom is 0.345 e. The van der Waals surface area contributed by atoms with Gasteiger partial charge in [0.1, 0.15) is 16.4 Å². The molecule has 0 unspecified atom stereocenters. The number of rotatable bonds is 4. The number of carbonyl (C=O) groups is 1. The Morgan fingerprint density at radius 1 is 1.12 bits per heavy atom. The highest BCUT2D eigenvalue weighted by atomic mass is 32.1. The molecule has 0 saturated carbocycles. The summed E-state index contributed by atoms with van der Waals surface area (Å²) in [6.07, 6.45) is 0. The molecule has 0 aliphatic heterocycles. The lowest BCUT2D eigenvalue weighted by molar-refractivity contribution is 0.0702. The number of methoxy groups -OCH3 is 1. The number of ether oxygens (including phenoxy) is 2. The molecule has 0 amide bonds. The van der Waals surface area contributed by atoms with Gasteiger partial charge in [0.2, 0.25) is 0 Å². The van der Waals surface area contributed by atoms with Crippen LogP contribution in [0.25, 0.3) is 0 Å². The number of aromatic carboxylic acids is 1. The Morgan fingerprint density at radius 2 is 1.76 bits per heavy atom. The molecule has 2 rings (SSSR count). The van der Waals surface area contributed by atoms with Crippen LogP contribution in [-0.4, -0.2) is 18.2 Å². The topological polar surface area (TPSA) is 55.8 Å². The van der Waals surface area contributed by atoms with E-state index in [1.165, 1.54) is 6.07 Å². The second-order valence-electron chi connectivity index (χ2n) is 3.20. The summed E-state index contributed by atoms with van der Waals surface area (Å²) in [6, 6.07) is 10.2. The van der Waals surface area contributed by atoms with Gasteiger partial charge in [0.15, 0.2) is 5.06 Å². The molecule has 0 aliphatic rings. The molecule has 0 spiro atoms. The summed E-state index contributed by atoms with van der Waals surface area (Å²) in [7, 11) is 1.59. The monoisotopic (exact) mass is 250 g/mol. The summed E-state index contributed by atoms with van der Waals surface area (Å²) in [5.74, 6) is 0.443. The maximum atomic E-state index is 10.7. The Kier molecular flexibility index (Phi) is 3.30. The molecule has 0 bridgehead atoms. The number of hydrogen-bond donors (Lipinski definition) is 1. The molecule has 17 heavy (non-hydrogen) atoms. The van der Waals surface area contributed by atoms with E-state index in [1.54, 1.807) is 37.4 Å². The van der Waals surface area contributed by atoms with E-state index in [0.29, 0.717) is 10.8 Å². The van der Waals surface area contributed by atoms with Crippen molar-refractivity contribution in [1.82, 2.24) is 0 Å². The highest BCUT2D eigenvalue weighted by molar-refractivity contribution is 7.15. The number of thiophene rings is 1. The fourth-order valence-corrected chi connectivity index (χ4v) is 1.96. The standard InChI is InChI=1S/C12H10O4S/c1-15-8-2-4-9(5-3-8)16-11-7-6-10(17-11)12(13)14/h2-7H,1H3,(H,13,14). The van der Waals surface area contributed by atoms with Crippen molar-refractivity contribution in [2.75, 3.05) is 7.11 Å². The minimum atomic E-state index is -0.945. The van der Waals surface area contributed by atoms with Gasteiger partial charge in [-0.2, -0.15) is 0 Å². The summed E-state index contributed by atoms with van der Waals surface area (Å²) >= 11 is 1.09. The molecule has 5 heteroatoms. The van der Waals surface area contributed by atoms with Crippen molar-refractivity contribution in [2.24, 2.45) is 0 Å². The lowest BCUT2D eigenvalue weighted by Crippen LogP contribution is -1.89. The fraction of sp³-hybridized carbons (Fsp3) is 0.0833. The second kappa shape index (κ2) is 4.88. The van der Waals surface area contributed by atoms with Gasteiger partial charge in [0.05, 0.1) is 7.11 Å². The van der Waals surface area contributed by atoms with Crippen LogP contribution in [0.2, 0.25) is 0 Å². The molecular weight excluding hydrogens is 240 g/mol. The third-order valence-electron chi connectivity index (χ3n) is 2.07. The largest absolute Gasteiger partial charge is 0.497 e. The van der Waals surface area contributed by atoms with E-state index in [0.717, 1.165) is 17.1 Å². The normalized spacial score (nSPS) is 9.94. The average Bonchev–Trinajstić information content (AvgIpc) is 2.79. The molecule has 4 nitrogen and oxygen atoms in total. The zero-order chi connectivity index (χ0) is 12.3. The first kappa shape index (κ1) is 11.5. The van der Waals surface area contributed by atoms with Crippen LogP contribution >= 0.6 is 11.3 Å². The van der Waals surface area contributed by atoms with Crippen LogP contribution in [-0.2, 0) is 0 Å². The number of hydrogen-bond acceptors (Lipinski definition) is 4. The van der Waals surface area contributed by atoms with Gasteiger partial charge in [-0.05, 0) is 36.4 Å². The lowest BCUT2D eigenvalue weighted by Gasteiger charge is -2.03. The maximum absolute atomic E-state index is 10.7. The van der Waals surface area contributed by atoms with Crippen LogP contribution < -0.4 is 9.47 Å². The van der Waals surface area contributed by atoms with E-state index >= 15 is 0 Å². The van der Waals surface area contributed by atoms with Crippen LogP contribution in [0.3, 0.4) is 0 Å². The van der Waals surface area contributed by atoms with Gasteiger partial charge in [-0.15, -0.1) is 0 Å². The van der Waals surface area contributed by atoms with Gasteiger partial charge in [0, 0.05) is 0 Å². The fourth-order valence-electron chi connectivity index (χ4n) is 1.25. The molecule has 1 aromatic carbocycles. The van der Waals surface area contributed by atoms with Crippen molar-refractivity contribution >= 4 is 17.3 Å². The van der Waals surface area contributed by atoms with Crippen LogP contribution in [0.4, 0.5) is 0 Å². The molecule has 0 atom stereocenters. The predicted molar refractivity (Wildman–Crippen MR) is 64.3 cm³/mol. The summed E-state index contributed by atoms with van der Waals surface area (Å²) < 4.78 is 10.5. The van der Waals surface area contributed by atoms with Crippen LogP contribution in [0.5, 0.6) is 16.6 Å². The SMILES string of the molecule is COc1ccc(Oc2ccc(C(=O)O)s2)cc1. The summed E-state index contributed by atoms with van der Waals surface area (Å²) in [5.41, 5.74) is 0. The van der Waals surface area contributed by atoms with Crippen molar-refractivity contribution in [2.45, 2.75) is 0 Å². The first-order valence-corrected chi connectivity index (χ1v) is 5.66. The van der Waals surface area contributed by atoms with E-state index in [2.05, 4.69) is 0 Å². The molecular formula is C12H10O4S. The minimum absolute atomic E-state index is 0.258. The number of carboxylic acids is 1. The van der Waals surface area contributed by atoms with E-state index in [9.17, 15) is 4.79 Å². The Bertz CT molecular complexity index is 516. The second-order valence-corrected chi connectivity index (χ2v) is 4.25. The van der Waals surface area contributed by atoms with Gasteiger partial charge in [-0.3, -0.25) is 0 Å². The molecule has 2 aromatic rings. The lowest BCUT2D eigenvalue weighted by atomic mass is 10.3. The Hall–Kier alpha value is -2.01. The number of carboxylic acid groups (broad SMARTS) is 1. The number of benzene rings is 1. The molecule has 88 valence electrons. The molecule has 0 aliphatic carbocycles. The quantitative estimate of drug-likeness (QED) is 0.905.